The topological polar surface area (TPSA) is 62.1 Å². The number of hydrogen-bond acceptors (Lipinski definition) is 3. The fourth-order valence-electron chi connectivity index (χ4n) is 2.66. The number of nitriles is 1. The molecule has 0 aromatic heterocycles. The maximum absolute atomic E-state index is 13.8. The molecule has 0 fully saturated rings. The molecule has 32 heavy (non-hydrogen) atoms. The average molecular weight is 646 g/mol. The van der Waals surface area contributed by atoms with Crippen LogP contribution in [0.25, 0.3) is 6.08 Å². The molecule has 0 unspecified atom stereocenters. The van der Waals surface area contributed by atoms with Crippen molar-refractivity contribution in [2.45, 2.75) is 6.61 Å². The van der Waals surface area contributed by atoms with Gasteiger partial charge in [-0.15, -0.1) is 0 Å². The Morgan fingerprint density at radius 1 is 1.22 bits per heavy atom. The minimum Gasteiger partial charge on any atom is -0.487 e. The second-order valence-electron chi connectivity index (χ2n) is 6.44. The summed E-state index contributed by atoms with van der Waals surface area (Å²) in [6, 6.07) is 16.2. The summed E-state index contributed by atoms with van der Waals surface area (Å²) in [4.78, 5) is 12.4. The molecule has 0 heterocycles. The van der Waals surface area contributed by atoms with Gasteiger partial charge < -0.3 is 10.1 Å². The third kappa shape index (κ3) is 6.23. The van der Waals surface area contributed by atoms with Crippen LogP contribution in [0.3, 0.4) is 0 Å². The molecular weight excluding hydrogens is 633 g/mol. The summed E-state index contributed by atoms with van der Waals surface area (Å²) in [5.74, 6) is -0.706. The molecule has 0 saturated carbocycles. The first kappa shape index (κ1) is 24.5. The van der Waals surface area contributed by atoms with Gasteiger partial charge in [-0.1, -0.05) is 41.4 Å². The van der Waals surface area contributed by atoms with E-state index in [1.165, 1.54) is 24.3 Å². The smallest absolute Gasteiger partial charge is 0.266 e. The van der Waals surface area contributed by atoms with Crippen molar-refractivity contribution in [3.63, 3.8) is 0 Å². The first-order valence-electron chi connectivity index (χ1n) is 9.02. The first-order chi connectivity index (χ1) is 15.3. The molecule has 0 saturated heterocycles. The molecule has 0 aliphatic rings. The number of hydrogen-bond donors (Lipinski definition) is 1. The number of nitrogens with zero attached hydrogens (tertiary/aromatic N) is 1. The van der Waals surface area contributed by atoms with E-state index in [9.17, 15) is 14.4 Å². The molecule has 3 rings (SSSR count). The highest BCUT2D eigenvalue weighted by molar-refractivity contribution is 14.1. The van der Waals surface area contributed by atoms with Gasteiger partial charge in [0.2, 0.25) is 0 Å². The van der Waals surface area contributed by atoms with Crippen LogP contribution in [0.5, 0.6) is 5.75 Å². The lowest BCUT2D eigenvalue weighted by Crippen LogP contribution is -2.14. The van der Waals surface area contributed by atoms with Crippen molar-refractivity contribution in [1.82, 2.24) is 0 Å². The van der Waals surface area contributed by atoms with Gasteiger partial charge in [-0.25, -0.2) is 4.39 Å². The van der Waals surface area contributed by atoms with Crippen LogP contribution in [-0.4, -0.2) is 5.91 Å². The third-order valence-electron chi connectivity index (χ3n) is 4.21. The highest BCUT2D eigenvalue weighted by Gasteiger charge is 2.14. The van der Waals surface area contributed by atoms with E-state index in [0.29, 0.717) is 25.8 Å². The van der Waals surface area contributed by atoms with Gasteiger partial charge in [0.15, 0.2) is 0 Å². The minimum atomic E-state index is -0.707. The fourth-order valence-corrected chi connectivity index (χ4v) is 4.89. The van der Waals surface area contributed by atoms with E-state index >= 15 is 0 Å². The number of para-hydroxylation sites is 1. The van der Waals surface area contributed by atoms with Gasteiger partial charge in [0.1, 0.15) is 29.8 Å². The van der Waals surface area contributed by atoms with Crippen LogP contribution < -0.4 is 10.1 Å². The number of rotatable bonds is 6. The molecule has 9 heteroatoms. The lowest BCUT2D eigenvalue weighted by molar-refractivity contribution is -0.112. The Labute approximate surface area is 216 Å². The van der Waals surface area contributed by atoms with Crippen LogP contribution in [0, 0.1) is 20.7 Å². The Bertz CT molecular complexity index is 1240. The van der Waals surface area contributed by atoms with Gasteiger partial charge in [0.25, 0.3) is 5.91 Å². The predicted octanol–water partition coefficient (Wildman–Crippen LogP) is 7.62. The standard InChI is InChI=1S/C23H13BrCl2FIN2O2/c24-17-8-13(7-15(11-29)23(31)30-21-4-2-1-3-19(21)27)9-20(28)22(17)32-12-14-5-6-16(25)10-18(14)26/h1-10H,12H2,(H,30,31)/b15-7-. The molecule has 0 atom stereocenters. The van der Waals surface area contributed by atoms with Crippen molar-refractivity contribution in [2.24, 2.45) is 0 Å². The highest BCUT2D eigenvalue weighted by atomic mass is 127. The second-order valence-corrected chi connectivity index (χ2v) is 9.30. The van der Waals surface area contributed by atoms with Crippen molar-refractivity contribution >= 4 is 79.4 Å². The predicted molar refractivity (Wildman–Crippen MR) is 136 cm³/mol. The zero-order valence-corrected chi connectivity index (χ0v) is 21.4. The molecule has 1 amide bonds. The molecule has 0 aliphatic carbocycles. The SMILES string of the molecule is N#C/C(=C/c1cc(Br)c(OCc2ccc(Cl)cc2Cl)c(I)c1)C(=O)Nc1ccccc1F. The summed E-state index contributed by atoms with van der Waals surface area (Å²) in [6.07, 6.45) is 1.42. The van der Waals surface area contributed by atoms with Gasteiger partial charge in [-0.2, -0.15) is 5.26 Å². The zero-order chi connectivity index (χ0) is 23.3. The van der Waals surface area contributed by atoms with E-state index in [2.05, 4.69) is 43.8 Å². The molecule has 0 spiro atoms. The van der Waals surface area contributed by atoms with Crippen LogP contribution in [0.2, 0.25) is 10.0 Å². The van der Waals surface area contributed by atoms with Crippen molar-refractivity contribution in [1.29, 1.82) is 5.26 Å². The van der Waals surface area contributed by atoms with E-state index in [1.807, 2.05) is 6.07 Å². The molecule has 0 aliphatic heterocycles. The number of halogens is 5. The Morgan fingerprint density at radius 2 is 1.97 bits per heavy atom. The highest BCUT2D eigenvalue weighted by Crippen LogP contribution is 2.34. The number of amides is 1. The van der Waals surface area contributed by atoms with Crippen LogP contribution in [0.4, 0.5) is 10.1 Å². The summed E-state index contributed by atoms with van der Waals surface area (Å²) < 4.78 is 21.1. The Balaban J connectivity index is 1.79. The first-order valence-corrected chi connectivity index (χ1v) is 11.6. The largest absolute Gasteiger partial charge is 0.487 e. The van der Waals surface area contributed by atoms with Crippen molar-refractivity contribution in [3.05, 3.63) is 95.2 Å². The van der Waals surface area contributed by atoms with E-state index in [-0.39, 0.29) is 17.9 Å². The van der Waals surface area contributed by atoms with Gasteiger partial charge in [0.05, 0.1) is 13.7 Å². The Morgan fingerprint density at radius 3 is 2.62 bits per heavy atom. The summed E-state index contributed by atoms with van der Waals surface area (Å²) in [5.41, 5.74) is 1.20. The number of benzene rings is 3. The van der Waals surface area contributed by atoms with Crippen LogP contribution in [0.15, 0.2) is 64.6 Å². The maximum Gasteiger partial charge on any atom is 0.266 e. The molecule has 0 bridgehead atoms. The lowest BCUT2D eigenvalue weighted by atomic mass is 10.1. The van der Waals surface area contributed by atoms with Crippen LogP contribution >= 0.6 is 61.7 Å². The maximum atomic E-state index is 13.8. The van der Waals surface area contributed by atoms with Gasteiger partial charge >= 0.3 is 0 Å². The summed E-state index contributed by atoms with van der Waals surface area (Å²) >= 11 is 17.7. The van der Waals surface area contributed by atoms with Crippen molar-refractivity contribution in [3.8, 4) is 11.8 Å². The number of carbonyl (C=O) groups is 1. The minimum absolute atomic E-state index is 0.000908. The average Bonchev–Trinajstić information content (AvgIpc) is 2.74. The van der Waals surface area contributed by atoms with Crippen LogP contribution in [-0.2, 0) is 11.4 Å². The summed E-state index contributed by atoms with van der Waals surface area (Å²) in [7, 11) is 0. The van der Waals surface area contributed by atoms with Gasteiger partial charge in [-0.3, -0.25) is 4.79 Å². The Kier molecular flexibility index (Phi) is 8.54. The molecule has 3 aromatic rings. The lowest BCUT2D eigenvalue weighted by Gasteiger charge is -2.13. The Hall–Kier alpha value is -2.12. The van der Waals surface area contributed by atoms with E-state index in [4.69, 9.17) is 27.9 Å². The molecule has 162 valence electrons. The van der Waals surface area contributed by atoms with Gasteiger partial charge in [0, 0.05) is 15.6 Å². The van der Waals surface area contributed by atoms with Crippen molar-refractivity contribution in [2.75, 3.05) is 5.32 Å². The van der Waals surface area contributed by atoms with Gasteiger partial charge in [-0.05, 0) is 86.6 Å². The van der Waals surface area contributed by atoms with Crippen LogP contribution in [0.1, 0.15) is 11.1 Å². The number of anilines is 1. The molecule has 1 N–H and O–H groups in total. The number of nitrogens with one attached hydrogen (secondary N) is 1. The van der Waals surface area contributed by atoms with E-state index in [1.54, 1.807) is 36.4 Å². The third-order valence-corrected chi connectivity index (χ3v) is 6.18. The normalized spacial score (nSPS) is 11.1. The summed E-state index contributed by atoms with van der Waals surface area (Å²) in [5, 5.41) is 12.9. The van der Waals surface area contributed by atoms with E-state index in [0.717, 1.165) is 9.13 Å². The molecule has 0 radical (unpaired) electrons. The molecule has 3 aromatic carbocycles. The summed E-state index contributed by atoms with van der Waals surface area (Å²) in [6.45, 7) is 0.230. The van der Waals surface area contributed by atoms with Crippen molar-refractivity contribution < 1.29 is 13.9 Å². The zero-order valence-electron chi connectivity index (χ0n) is 16.1. The number of ether oxygens (including phenoxy) is 1. The van der Waals surface area contributed by atoms with E-state index < -0.39 is 11.7 Å². The molecule has 4 nitrogen and oxygen atoms in total. The quantitative estimate of drug-likeness (QED) is 0.170. The molecular formula is C23H13BrCl2FIN2O2. The fraction of sp³-hybridized carbons (Fsp3) is 0.0435. The number of carbonyl (C=O) groups excluding carboxylic acids is 1. The monoisotopic (exact) mass is 644 g/mol. The second kappa shape index (κ2) is 11.1.